The summed E-state index contributed by atoms with van der Waals surface area (Å²) in [5.74, 6) is -10.3. The third-order valence-electron chi connectivity index (χ3n) is 5.72. The summed E-state index contributed by atoms with van der Waals surface area (Å²) >= 11 is 0. The molecule has 0 bridgehead atoms. The van der Waals surface area contributed by atoms with E-state index in [2.05, 4.69) is 15.5 Å². The minimum Gasteiger partial charge on any atom is -0.415 e. The summed E-state index contributed by atoms with van der Waals surface area (Å²) in [7, 11) is 0. The number of fused-ring (bicyclic) bond motifs is 1. The Balaban J connectivity index is 1.60. The van der Waals surface area contributed by atoms with Crippen LogP contribution in [0.25, 0.3) is 11.5 Å². The predicted octanol–water partition coefficient (Wildman–Crippen LogP) is 3.96. The van der Waals surface area contributed by atoms with Gasteiger partial charge in [0.1, 0.15) is 0 Å². The Bertz CT molecular complexity index is 1080. The number of nitrogens with zero attached hydrogens (tertiary/aromatic N) is 3. The van der Waals surface area contributed by atoms with E-state index >= 15 is 0 Å². The molecule has 4 rings (SSSR count). The molecule has 0 spiro atoms. The lowest BCUT2D eigenvalue weighted by molar-refractivity contribution is -0.146. The van der Waals surface area contributed by atoms with Crippen LogP contribution in [0.1, 0.15) is 54.4 Å². The van der Waals surface area contributed by atoms with Gasteiger partial charge < -0.3 is 14.6 Å². The molecule has 13 heteroatoms. The predicted molar refractivity (Wildman–Crippen MR) is 99.7 cm³/mol. The van der Waals surface area contributed by atoms with Crippen LogP contribution in [0.3, 0.4) is 0 Å². The SMILES string of the molecule is CC(F)(F)C(=O)N[C@@H]1CCC(F)(F)C[C@H]1N1Cc2ccc(-c3nnc(C(F)F)o3)cc2C1=O. The highest BCUT2D eigenvalue weighted by Crippen LogP contribution is 2.39. The molecule has 1 N–H and O–H groups in total. The number of amides is 2. The Hall–Kier alpha value is -3.12. The fourth-order valence-corrected chi connectivity index (χ4v) is 4.06. The first-order valence-corrected chi connectivity index (χ1v) is 9.98. The molecule has 1 aliphatic heterocycles. The largest absolute Gasteiger partial charge is 0.415 e. The standard InChI is InChI=1S/C20H18F6N4O3/c1-19(23,24)18(32)27-12-4-5-20(25,26)7-13(12)30-8-10-3-2-9(6-11(10)17(30)31)15-28-29-16(33-15)14(21)22/h2-3,6,12-14H,4-5,7-8H2,1H3,(H,27,32)/t12-,13-/m1/s1. The second-order valence-corrected chi connectivity index (χ2v) is 8.19. The van der Waals surface area contributed by atoms with E-state index in [9.17, 15) is 35.9 Å². The summed E-state index contributed by atoms with van der Waals surface area (Å²) in [6.45, 7) is 0.306. The van der Waals surface area contributed by atoms with Crippen molar-refractivity contribution in [1.29, 1.82) is 0 Å². The van der Waals surface area contributed by atoms with Crippen LogP contribution in [0, 0.1) is 0 Å². The molecule has 7 nitrogen and oxygen atoms in total. The Kier molecular flexibility index (Phi) is 5.61. The number of carbonyl (C=O) groups excluding carboxylic acids is 2. The Labute approximate surface area is 183 Å². The molecule has 2 aromatic rings. The highest BCUT2D eigenvalue weighted by Gasteiger charge is 2.48. The molecule has 1 aromatic carbocycles. The van der Waals surface area contributed by atoms with Gasteiger partial charge in [-0.1, -0.05) is 6.07 Å². The topological polar surface area (TPSA) is 88.3 Å². The van der Waals surface area contributed by atoms with Crippen molar-refractivity contribution in [3.8, 4) is 11.5 Å². The fourth-order valence-electron chi connectivity index (χ4n) is 4.06. The number of carbonyl (C=O) groups is 2. The second kappa shape index (κ2) is 8.03. The van der Waals surface area contributed by atoms with Gasteiger partial charge in [0.15, 0.2) is 0 Å². The van der Waals surface area contributed by atoms with Gasteiger partial charge in [-0.05, 0) is 24.1 Å². The molecule has 1 aromatic heterocycles. The van der Waals surface area contributed by atoms with Gasteiger partial charge in [-0.2, -0.15) is 17.6 Å². The fraction of sp³-hybridized carbons (Fsp3) is 0.500. The summed E-state index contributed by atoms with van der Waals surface area (Å²) in [5.41, 5.74) is 0.731. The van der Waals surface area contributed by atoms with E-state index in [-0.39, 0.29) is 30.0 Å². The molecule has 2 aliphatic rings. The summed E-state index contributed by atoms with van der Waals surface area (Å²) in [6, 6.07) is 1.94. The molecule has 2 amide bonds. The van der Waals surface area contributed by atoms with E-state index in [1.807, 2.05) is 0 Å². The van der Waals surface area contributed by atoms with Gasteiger partial charge in [0.25, 0.3) is 17.7 Å². The van der Waals surface area contributed by atoms with E-state index in [1.165, 1.54) is 18.2 Å². The van der Waals surface area contributed by atoms with Crippen LogP contribution in [-0.2, 0) is 11.3 Å². The van der Waals surface area contributed by atoms with Crippen molar-refractivity contribution in [3.05, 3.63) is 35.2 Å². The second-order valence-electron chi connectivity index (χ2n) is 8.19. The van der Waals surface area contributed by atoms with Crippen molar-refractivity contribution < 1.29 is 40.3 Å². The molecular formula is C20H18F6N4O3. The van der Waals surface area contributed by atoms with Gasteiger partial charge in [0.05, 0.1) is 6.04 Å². The van der Waals surface area contributed by atoms with E-state index in [0.29, 0.717) is 12.5 Å². The minimum absolute atomic E-state index is 0.0871. The molecular weight excluding hydrogens is 458 g/mol. The van der Waals surface area contributed by atoms with Gasteiger partial charge in [-0.3, -0.25) is 9.59 Å². The van der Waals surface area contributed by atoms with Crippen molar-refractivity contribution in [3.63, 3.8) is 0 Å². The van der Waals surface area contributed by atoms with E-state index in [1.54, 1.807) is 0 Å². The zero-order valence-electron chi connectivity index (χ0n) is 17.1. The van der Waals surface area contributed by atoms with Gasteiger partial charge in [-0.15, -0.1) is 10.2 Å². The Morgan fingerprint density at radius 1 is 1.30 bits per heavy atom. The average molecular weight is 476 g/mol. The van der Waals surface area contributed by atoms with Crippen LogP contribution in [-0.4, -0.2) is 50.8 Å². The van der Waals surface area contributed by atoms with Crippen molar-refractivity contribution in [2.45, 2.75) is 63.1 Å². The smallest absolute Gasteiger partial charge is 0.321 e. The maximum absolute atomic E-state index is 14.2. The number of rotatable bonds is 5. The quantitative estimate of drug-likeness (QED) is 0.661. The summed E-state index contributed by atoms with van der Waals surface area (Å²) in [4.78, 5) is 26.0. The Morgan fingerprint density at radius 2 is 2.03 bits per heavy atom. The molecule has 1 aliphatic carbocycles. The van der Waals surface area contributed by atoms with Crippen LogP contribution in [0.5, 0.6) is 0 Å². The maximum atomic E-state index is 14.2. The number of nitrogens with one attached hydrogen (secondary N) is 1. The molecule has 1 fully saturated rings. The maximum Gasteiger partial charge on any atom is 0.321 e. The van der Waals surface area contributed by atoms with Crippen molar-refractivity contribution >= 4 is 11.8 Å². The first-order valence-electron chi connectivity index (χ1n) is 9.98. The van der Waals surface area contributed by atoms with Gasteiger partial charge in [-0.25, -0.2) is 8.78 Å². The minimum atomic E-state index is -3.71. The molecule has 2 atom stereocenters. The molecule has 0 radical (unpaired) electrons. The van der Waals surface area contributed by atoms with E-state index in [4.69, 9.17) is 4.42 Å². The lowest BCUT2D eigenvalue weighted by atomic mass is 9.86. The zero-order valence-corrected chi connectivity index (χ0v) is 17.1. The van der Waals surface area contributed by atoms with E-state index < -0.39 is 60.9 Å². The van der Waals surface area contributed by atoms with Gasteiger partial charge in [0.2, 0.25) is 11.8 Å². The highest BCUT2D eigenvalue weighted by molar-refractivity contribution is 5.99. The zero-order chi connectivity index (χ0) is 24.1. The first-order chi connectivity index (χ1) is 15.4. The van der Waals surface area contributed by atoms with Crippen LogP contribution in [0.2, 0.25) is 0 Å². The monoisotopic (exact) mass is 476 g/mol. The van der Waals surface area contributed by atoms with Crippen LogP contribution < -0.4 is 5.32 Å². The third-order valence-corrected chi connectivity index (χ3v) is 5.72. The average Bonchev–Trinajstić information content (AvgIpc) is 3.34. The molecule has 0 saturated heterocycles. The van der Waals surface area contributed by atoms with E-state index in [0.717, 1.165) is 4.90 Å². The summed E-state index contributed by atoms with van der Waals surface area (Å²) < 4.78 is 85.4. The molecule has 33 heavy (non-hydrogen) atoms. The first kappa shape index (κ1) is 23.1. The number of halogens is 6. The summed E-state index contributed by atoms with van der Waals surface area (Å²) in [6.07, 6.45) is -4.69. The lowest BCUT2D eigenvalue weighted by Gasteiger charge is -2.41. The van der Waals surface area contributed by atoms with Crippen LogP contribution >= 0.6 is 0 Å². The van der Waals surface area contributed by atoms with Gasteiger partial charge in [0, 0.05) is 43.5 Å². The van der Waals surface area contributed by atoms with Gasteiger partial charge >= 0.3 is 12.3 Å². The third kappa shape index (κ3) is 4.53. The number of hydrogen-bond donors (Lipinski definition) is 1. The Morgan fingerprint density at radius 3 is 2.67 bits per heavy atom. The molecule has 178 valence electrons. The lowest BCUT2D eigenvalue weighted by Crippen LogP contribution is -2.58. The molecule has 0 unspecified atom stereocenters. The molecule has 1 saturated carbocycles. The summed E-state index contributed by atoms with van der Waals surface area (Å²) in [5, 5.41) is 8.84. The van der Waals surface area contributed by atoms with Crippen molar-refractivity contribution in [1.82, 2.24) is 20.4 Å². The normalized spacial score (nSPS) is 22.5. The highest BCUT2D eigenvalue weighted by atomic mass is 19.3. The van der Waals surface area contributed by atoms with Crippen LogP contribution in [0.15, 0.2) is 22.6 Å². The number of hydrogen-bond acceptors (Lipinski definition) is 5. The van der Waals surface area contributed by atoms with Crippen molar-refractivity contribution in [2.75, 3.05) is 0 Å². The number of benzene rings is 1. The number of aromatic nitrogens is 2. The molecule has 2 heterocycles. The van der Waals surface area contributed by atoms with Crippen molar-refractivity contribution in [2.24, 2.45) is 0 Å². The number of alkyl halides is 6. The van der Waals surface area contributed by atoms with Crippen LogP contribution in [0.4, 0.5) is 26.3 Å².